The second kappa shape index (κ2) is 12.7. The van der Waals surface area contributed by atoms with Crippen molar-refractivity contribution in [3.63, 3.8) is 0 Å². The summed E-state index contributed by atoms with van der Waals surface area (Å²) in [6.07, 6.45) is -20.3. The molecular formula is C34H16BF14N3. The molecule has 52 heavy (non-hydrogen) atoms. The number of benzene rings is 4. The molecular weight excluding hydrogens is 727 g/mol. The molecule has 0 N–H and O–H groups in total. The lowest BCUT2D eigenvalue weighted by Gasteiger charge is -2.15. The van der Waals surface area contributed by atoms with Gasteiger partial charge in [0.2, 0.25) is 0 Å². The third-order valence-electron chi connectivity index (χ3n) is 7.89. The van der Waals surface area contributed by atoms with Crippen LogP contribution in [0.3, 0.4) is 0 Å². The van der Waals surface area contributed by atoms with Crippen LogP contribution in [0.15, 0.2) is 102 Å². The first kappa shape index (κ1) is 36.4. The Balaban J connectivity index is 1.40. The fourth-order valence-electron chi connectivity index (χ4n) is 5.47. The lowest BCUT2D eigenvalue weighted by atomic mass is 9.97. The largest absolute Gasteiger partial charge is 0.679 e. The van der Waals surface area contributed by atoms with Gasteiger partial charge in [0.1, 0.15) is 5.49 Å². The first-order valence-corrected chi connectivity index (χ1v) is 14.6. The Bertz CT molecular complexity index is 2340. The number of alkyl halides is 12. The molecule has 0 spiro atoms. The second-order valence-electron chi connectivity index (χ2n) is 11.4. The van der Waals surface area contributed by atoms with Crippen molar-refractivity contribution in [3.05, 3.63) is 125 Å². The van der Waals surface area contributed by atoms with Crippen LogP contribution in [0.25, 0.3) is 44.1 Å². The highest BCUT2D eigenvalue weighted by atomic mass is 19.4. The second-order valence-corrected chi connectivity index (χ2v) is 11.4. The SMILES string of the molecule is FB(F)n1c(=Nc2ccc3cc(-c4cc(C(F)(F)F)cc(C(F)(F)F)c4)ccc3n2)ccc2cc(-c3cc(C(F)(F)F)cc(C(F)(F)F)c3)ccc21. The van der Waals surface area contributed by atoms with Crippen LogP contribution in [0.5, 0.6) is 0 Å². The van der Waals surface area contributed by atoms with E-state index in [2.05, 4.69) is 9.98 Å². The van der Waals surface area contributed by atoms with Crippen LogP contribution in [0.2, 0.25) is 0 Å². The summed E-state index contributed by atoms with van der Waals surface area (Å²) < 4.78 is 190. The highest BCUT2D eigenvalue weighted by Gasteiger charge is 2.38. The number of rotatable bonds is 4. The summed E-state index contributed by atoms with van der Waals surface area (Å²) in [5, 5.41) is 0.281. The van der Waals surface area contributed by atoms with Crippen molar-refractivity contribution < 1.29 is 61.3 Å². The molecule has 4 aromatic carbocycles. The number of hydrogen-bond donors (Lipinski definition) is 0. The van der Waals surface area contributed by atoms with Crippen molar-refractivity contribution in [1.82, 2.24) is 9.46 Å². The molecule has 0 saturated heterocycles. The first-order valence-electron chi connectivity index (χ1n) is 14.6. The lowest BCUT2D eigenvalue weighted by Crippen LogP contribution is -2.29. The van der Waals surface area contributed by atoms with Crippen LogP contribution in [-0.2, 0) is 24.7 Å². The minimum absolute atomic E-state index is 0.000192. The number of aromatic nitrogens is 2. The van der Waals surface area contributed by atoms with Crippen LogP contribution in [0.1, 0.15) is 22.3 Å². The molecule has 0 aliphatic heterocycles. The molecule has 2 aromatic heterocycles. The summed E-state index contributed by atoms with van der Waals surface area (Å²) in [4.78, 5) is 8.39. The summed E-state index contributed by atoms with van der Waals surface area (Å²) in [6, 6.07) is 14.2. The zero-order valence-corrected chi connectivity index (χ0v) is 25.4. The van der Waals surface area contributed by atoms with E-state index in [0.29, 0.717) is 28.7 Å². The Morgan fingerprint density at radius 3 is 1.37 bits per heavy atom. The normalized spacial score (nSPS) is 13.3. The van der Waals surface area contributed by atoms with E-state index >= 15 is 0 Å². The molecule has 6 aromatic rings. The van der Waals surface area contributed by atoms with Crippen molar-refractivity contribution >= 4 is 35.0 Å². The molecule has 6 rings (SSSR count). The zero-order chi connectivity index (χ0) is 38.0. The van der Waals surface area contributed by atoms with Gasteiger partial charge < -0.3 is 4.48 Å². The van der Waals surface area contributed by atoms with E-state index in [1.807, 2.05) is 0 Å². The maximum Gasteiger partial charge on any atom is 0.679 e. The molecule has 0 amide bonds. The van der Waals surface area contributed by atoms with Crippen LogP contribution in [0.4, 0.5) is 67.1 Å². The third-order valence-corrected chi connectivity index (χ3v) is 7.89. The van der Waals surface area contributed by atoms with Crippen molar-refractivity contribution in [2.24, 2.45) is 4.99 Å². The summed E-state index contributed by atoms with van der Waals surface area (Å²) in [7, 11) is -3.24. The summed E-state index contributed by atoms with van der Waals surface area (Å²) in [5.74, 6) is -0.132. The van der Waals surface area contributed by atoms with Gasteiger partial charge in [0.15, 0.2) is 5.82 Å². The average molecular weight is 743 g/mol. The molecule has 0 fully saturated rings. The van der Waals surface area contributed by atoms with E-state index in [1.54, 1.807) is 0 Å². The Morgan fingerprint density at radius 1 is 0.462 bits per heavy atom. The van der Waals surface area contributed by atoms with E-state index in [1.165, 1.54) is 36.4 Å². The van der Waals surface area contributed by atoms with Crippen molar-refractivity contribution in [3.8, 4) is 22.3 Å². The lowest BCUT2D eigenvalue weighted by molar-refractivity contribution is -0.144. The minimum atomic E-state index is -5.11. The molecule has 0 radical (unpaired) electrons. The van der Waals surface area contributed by atoms with Crippen molar-refractivity contribution in [2.45, 2.75) is 24.7 Å². The Labute approximate surface area is 282 Å². The van der Waals surface area contributed by atoms with Gasteiger partial charge in [-0.15, -0.1) is 0 Å². The molecule has 2 heterocycles. The average Bonchev–Trinajstić information content (AvgIpc) is 3.05. The maximum atomic E-state index is 14.4. The van der Waals surface area contributed by atoms with Gasteiger partial charge in [-0.25, -0.2) is 9.98 Å². The van der Waals surface area contributed by atoms with Gasteiger partial charge in [-0.2, -0.15) is 52.7 Å². The highest BCUT2D eigenvalue weighted by Crippen LogP contribution is 2.41. The highest BCUT2D eigenvalue weighted by molar-refractivity contribution is 6.42. The molecule has 0 saturated carbocycles. The van der Waals surface area contributed by atoms with E-state index in [-0.39, 0.29) is 61.9 Å². The standard InChI is InChI=1S/C34H16BF14N3/c36-31(37,38)23-11-21(12-24(15-23)32(39,40)41)17-1-5-27-19(9-17)3-7-29(50-27)51-30-8-4-20-10-18(2-6-28(20)52(30)35(48)49)22-13-25(33(42,43)44)16-26(14-22)34(45,46)47/h1-16H. The van der Waals surface area contributed by atoms with E-state index < -0.39 is 59.9 Å². The quantitative estimate of drug-likeness (QED) is 0.131. The van der Waals surface area contributed by atoms with Crippen LogP contribution in [-0.4, -0.2) is 16.9 Å². The van der Waals surface area contributed by atoms with Crippen LogP contribution >= 0.6 is 0 Å². The molecule has 18 heteroatoms. The number of pyridine rings is 2. The minimum Gasteiger partial charge on any atom is -0.310 e. The molecule has 0 aliphatic rings. The van der Waals surface area contributed by atoms with Crippen LogP contribution < -0.4 is 5.49 Å². The Hall–Kier alpha value is -5.42. The van der Waals surface area contributed by atoms with E-state index in [4.69, 9.17) is 0 Å². The van der Waals surface area contributed by atoms with Gasteiger partial charge in [0.25, 0.3) is 0 Å². The van der Waals surface area contributed by atoms with Gasteiger partial charge in [-0.1, -0.05) is 12.1 Å². The predicted octanol–water partition coefficient (Wildman–Crippen LogP) is 11.6. The molecule has 0 bridgehead atoms. The van der Waals surface area contributed by atoms with Gasteiger partial charge in [0.05, 0.1) is 27.8 Å². The Morgan fingerprint density at radius 2 is 0.904 bits per heavy atom. The predicted molar refractivity (Wildman–Crippen MR) is 163 cm³/mol. The zero-order valence-electron chi connectivity index (χ0n) is 25.4. The van der Waals surface area contributed by atoms with Gasteiger partial charge in [-0.05, 0) is 113 Å². The van der Waals surface area contributed by atoms with Crippen LogP contribution in [0, 0.1) is 0 Å². The Kier molecular flexibility index (Phi) is 8.86. The number of nitrogens with zero attached hydrogens (tertiary/aromatic N) is 3. The van der Waals surface area contributed by atoms with E-state index in [9.17, 15) is 61.3 Å². The van der Waals surface area contributed by atoms with E-state index in [0.717, 1.165) is 24.3 Å². The van der Waals surface area contributed by atoms with Gasteiger partial charge in [-0.3, -0.25) is 8.63 Å². The molecule has 0 aliphatic carbocycles. The van der Waals surface area contributed by atoms with Gasteiger partial charge >= 0.3 is 32.1 Å². The third kappa shape index (κ3) is 7.46. The fourth-order valence-corrected chi connectivity index (χ4v) is 5.47. The smallest absolute Gasteiger partial charge is 0.310 e. The topological polar surface area (TPSA) is 30.2 Å². The number of hydrogen-bond acceptors (Lipinski definition) is 2. The molecule has 0 unspecified atom stereocenters. The number of halogens is 14. The summed E-state index contributed by atoms with van der Waals surface area (Å²) >= 11 is 0. The van der Waals surface area contributed by atoms with Gasteiger partial charge in [0, 0.05) is 10.9 Å². The van der Waals surface area contributed by atoms with Crippen molar-refractivity contribution in [2.75, 3.05) is 0 Å². The summed E-state index contributed by atoms with van der Waals surface area (Å²) in [5.41, 5.74) is -7.47. The fraction of sp³-hybridized carbons (Fsp3) is 0.118. The molecule has 0 atom stereocenters. The number of fused-ring (bicyclic) bond motifs is 2. The maximum absolute atomic E-state index is 14.4. The van der Waals surface area contributed by atoms with Crippen molar-refractivity contribution in [1.29, 1.82) is 0 Å². The molecule has 268 valence electrons. The first-order chi connectivity index (χ1) is 24.1. The monoisotopic (exact) mass is 743 g/mol. The summed E-state index contributed by atoms with van der Waals surface area (Å²) in [6.45, 7) is 0. The molecule has 3 nitrogen and oxygen atoms in total.